The number of benzene rings is 2. The zero-order valence-corrected chi connectivity index (χ0v) is 19.4. The SMILES string of the molecule is COC(=O)C1=C(C2CCCC2)NC2=C(C(=O)CN(Cc3ccccc3)C2)C1c1ccc(F)cc1. The average Bonchev–Trinajstić information content (AvgIpc) is 3.38. The lowest BCUT2D eigenvalue weighted by Gasteiger charge is -2.39. The first-order valence-corrected chi connectivity index (χ1v) is 11.9. The number of ether oxygens (including phenoxy) is 1. The third-order valence-corrected chi connectivity index (χ3v) is 7.15. The van der Waals surface area contributed by atoms with Gasteiger partial charge in [-0.2, -0.15) is 0 Å². The number of allylic oxidation sites excluding steroid dienone is 1. The molecule has 0 aromatic heterocycles. The third kappa shape index (κ3) is 4.30. The average molecular weight is 461 g/mol. The fourth-order valence-corrected chi connectivity index (χ4v) is 5.61. The number of hydrogen-bond acceptors (Lipinski definition) is 5. The Morgan fingerprint density at radius 3 is 2.44 bits per heavy atom. The van der Waals surface area contributed by atoms with Gasteiger partial charge in [0.15, 0.2) is 5.78 Å². The summed E-state index contributed by atoms with van der Waals surface area (Å²) in [5, 5.41) is 3.54. The summed E-state index contributed by atoms with van der Waals surface area (Å²) in [6.45, 7) is 1.51. The summed E-state index contributed by atoms with van der Waals surface area (Å²) in [5.41, 5.74) is 4.67. The van der Waals surface area contributed by atoms with Crippen LogP contribution in [-0.2, 0) is 20.9 Å². The lowest BCUT2D eigenvalue weighted by Crippen LogP contribution is -2.46. The van der Waals surface area contributed by atoms with E-state index in [4.69, 9.17) is 4.74 Å². The second-order valence-corrected chi connectivity index (χ2v) is 9.36. The molecule has 2 aliphatic heterocycles. The predicted octanol–water partition coefficient (Wildman–Crippen LogP) is 4.47. The number of methoxy groups -OCH3 is 1. The molecular formula is C28H29FN2O3. The Morgan fingerprint density at radius 1 is 1.06 bits per heavy atom. The van der Waals surface area contributed by atoms with Gasteiger partial charge in [-0.05, 0) is 42.0 Å². The van der Waals surface area contributed by atoms with E-state index >= 15 is 0 Å². The lowest BCUT2D eigenvalue weighted by atomic mass is 9.75. The molecule has 1 N–H and O–H groups in total. The van der Waals surface area contributed by atoms with E-state index in [2.05, 4.69) is 22.3 Å². The molecule has 0 saturated heterocycles. The Balaban J connectivity index is 1.59. The highest BCUT2D eigenvalue weighted by Crippen LogP contribution is 2.45. The first-order valence-electron chi connectivity index (χ1n) is 11.9. The summed E-state index contributed by atoms with van der Waals surface area (Å²) in [5.74, 6) is -1.16. The van der Waals surface area contributed by atoms with E-state index < -0.39 is 11.9 Å². The highest BCUT2D eigenvalue weighted by atomic mass is 19.1. The van der Waals surface area contributed by atoms with Gasteiger partial charge < -0.3 is 10.1 Å². The zero-order chi connectivity index (χ0) is 23.7. The topological polar surface area (TPSA) is 58.6 Å². The van der Waals surface area contributed by atoms with Gasteiger partial charge in [-0.25, -0.2) is 9.18 Å². The fourth-order valence-electron chi connectivity index (χ4n) is 5.61. The third-order valence-electron chi connectivity index (χ3n) is 7.15. The van der Waals surface area contributed by atoms with E-state index in [0.29, 0.717) is 24.2 Å². The fraction of sp³-hybridized carbons (Fsp3) is 0.357. The number of rotatable bonds is 5. The molecule has 5 nitrogen and oxygen atoms in total. The molecule has 5 rings (SSSR count). The highest BCUT2D eigenvalue weighted by molar-refractivity contribution is 6.04. The van der Waals surface area contributed by atoms with E-state index in [0.717, 1.165) is 48.2 Å². The van der Waals surface area contributed by atoms with Crippen molar-refractivity contribution in [2.24, 2.45) is 5.92 Å². The van der Waals surface area contributed by atoms with Gasteiger partial charge in [-0.3, -0.25) is 9.69 Å². The van der Waals surface area contributed by atoms with Gasteiger partial charge >= 0.3 is 5.97 Å². The molecule has 1 aliphatic carbocycles. The molecule has 0 amide bonds. The normalized spacial score (nSPS) is 21.5. The molecule has 0 spiro atoms. The Hall–Kier alpha value is -3.25. The molecule has 1 atom stereocenters. The maximum absolute atomic E-state index is 13.8. The maximum atomic E-state index is 13.8. The smallest absolute Gasteiger partial charge is 0.336 e. The van der Waals surface area contributed by atoms with Crippen molar-refractivity contribution in [3.05, 3.63) is 94.1 Å². The summed E-state index contributed by atoms with van der Waals surface area (Å²) in [4.78, 5) is 28.8. The van der Waals surface area contributed by atoms with Crippen molar-refractivity contribution >= 4 is 11.8 Å². The van der Waals surface area contributed by atoms with Crippen LogP contribution in [0.3, 0.4) is 0 Å². The number of dihydropyridines is 1. The van der Waals surface area contributed by atoms with Crippen LogP contribution in [0.4, 0.5) is 4.39 Å². The van der Waals surface area contributed by atoms with Crippen LogP contribution < -0.4 is 5.32 Å². The molecule has 2 aromatic carbocycles. The van der Waals surface area contributed by atoms with Crippen LogP contribution in [0.2, 0.25) is 0 Å². The quantitative estimate of drug-likeness (QED) is 0.668. The second kappa shape index (κ2) is 9.55. The molecule has 0 radical (unpaired) electrons. The number of nitrogens with one attached hydrogen (secondary N) is 1. The molecule has 176 valence electrons. The molecule has 0 bridgehead atoms. The monoisotopic (exact) mass is 460 g/mol. The van der Waals surface area contributed by atoms with Crippen LogP contribution in [-0.4, -0.2) is 36.9 Å². The van der Waals surface area contributed by atoms with Crippen molar-refractivity contribution in [3.63, 3.8) is 0 Å². The van der Waals surface area contributed by atoms with Gasteiger partial charge in [-0.15, -0.1) is 0 Å². The van der Waals surface area contributed by atoms with Crippen LogP contribution in [0.15, 0.2) is 77.1 Å². The molecule has 34 heavy (non-hydrogen) atoms. The summed E-state index contributed by atoms with van der Waals surface area (Å²) in [6.07, 6.45) is 4.19. The minimum Gasteiger partial charge on any atom is -0.466 e. The second-order valence-electron chi connectivity index (χ2n) is 9.36. The molecule has 1 unspecified atom stereocenters. The van der Waals surface area contributed by atoms with Gasteiger partial charge in [-0.1, -0.05) is 55.3 Å². The first-order chi connectivity index (χ1) is 16.5. The molecule has 2 heterocycles. The summed E-state index contributed by atoms with van der Waals surface area (Å²) in [7, 11) is 1.37. The molecular weight excluding hydrogens is 431 g/mol. The van der Waals surface area contributed by atoms with Gasteiger partial charge in [0, 0.05) is 36.0 Å². The highest BCUT2D eigenvalue weighted by Gasteiger charge is 2.43. The van der Waals surface area contributed by atoms with Gasteiger partial charge in [0.05, 0.1) is 19.2 Å². The summed E-state index contributed by atoms with van der Waals surface area (Å²) in [6, 6.07) is 16.2. The van der Waals surface area contributed by atoms with Crippen molar-refractivity contribution in [2.75, 3.05) is 20.2 Å². The molecule has 6 heteroatoms. The van der Waals surface area contributed by atoms with E-state index in [-0.39, 0.29) is 24.1 Å². The number of carbonyl (C=O) groups excluding carboxylic acids is 2. The van der Waals surface area contributed by atoms with Crippen molar-refractivity contribution in [1.29, 1.82) is 0 Å². The molecule has 1 saturated carbocycles. The van der Waals surface area contributed by atoms with E-state index in [9.17, 15) is 14.0 Å². The van der Waals surface area contributed by atoms with Gasteiger partial charge in [0.25, 0.3) is 0 Å². The number of nitrogens with zero attached hydrogens (tertiary/aromatic N) is 1. The van der Waals surface area contributed by atoms with Crippen LogP contribution in [0, 0.1) is 11.7 Å². The van der Waals surface area contributed by atoms with E-state index in [1.54, 1.807) is 12.1 Å². The number of hydrogen-bond donors (Lipinski definition) is 1. The van der Waals surface area contributed by atoms with Crippen molar-refractivity contribution in [1.82, 2.24) is 10.2 Å². The van der Waals surface area contributed by atoms with Crippen LogP contribution in [0.1, 0.15) is 42.7 Å². The number of carbonyl (C=O) groups is 2. The largest absolute Gasteiger partial charge is 0.466 e. The van der Waals surface area contributed by atoms with Gasteiger partial charge in [0.2, 0.25) is 0 Å². The number of halogens is 1. The standard InChI is InChI=1S/C28H29FN2O3/c1-34-28(33)26-24(19-11-13-21(29)14-12-19)25-22(30-27(26)20-9-5-6-10-20)16-31(17-23(25)32)15-18-7-3-2-4-8-18/h2-4,7-8,11-14,20,24,30H,5-6,9-10,15-17H2,1H3. The molecule has 3 aliphatic rings. The Bertz CT molecular complexity index is 1150. The first kappa shape index (κ1) is 22.5. The number of ketones is 1. The van der Waals surface area contributed by atoms with Crippen LogP contribution in [0.25, 0.3) is 0 Å². The predicted molar refractivity (Wildman–Crippen MR) is 127 cm³/mol. The van der Waals surface area contributed by atoms with Crippen molar-refractivity contribution < 1.29 is 18.7 Å². The summed E-state index contributed by atoms with van der Waals surface area (Å²) < 4.78 is 19.0. The Labute approximate surface area is 199 Å². The van der Waals surface area contributed by atoms with E-state index in [1.165, 1.54) is 19.2 Å². The molecule has 2 aromatic rings. The number of Topliss-reactive ketones (excluding diaryl/α,β-unsaturated/α-hetero) is 1. The number of esters is 1. The Kier molecular flexibility index (Phi) is 6.33. The van der Waals surface area contributed by atoms with Crippen LogP contribution >= 0.6 is 0 Å². The van der Waals surface area contributed by atoms with E-state index in [1.807, 2.05) is 18.2 Å². The maximum Gasteiger partial charge on any atom is 0.336 e. The summed E-state index contributed by atoms with van der Waals surface area (Å²) >= 11 is 0. The minimum atomic E-state index is -0.564. The zero-order valence-electron chi connectivity index (χ0n) is 19.4. The lowest BCUT2D eigenvalue weighted by molar-refractivity contribution is -0.136. The van der Waals surface area contributed by atoms with Gasteiger partial charge in [0.1, 0.15) is 5.82 Å². The van der Waals surface area contributed by atoms with Crippen molar-refractivity contribution in [2.45, 2.75) is 38.1 Å². The Morgan fingerprint density at radius 2 is 1.76 bits per heavy atom. The van der Waals surface area contributed by atoms with Crippen LogP contribution in [0.5, 0.6) is 0 Å². The molecule has 1 fully saturated rings. The minimum absolute atomic E-state index is 0.0223. The van der Waals surface area contributed by atoms with Crippen molar-refractivity contribution in [3.8, 4) is 0 Å².